The molecule has 1 fully saturated rings. The molecule has 1 aliphatic rings. The van der Waals surface area contributed by atoms with Crippen molar-refractivity contribution >= 4 is 17.3 Å². The third kappa shape index (κ3) is 3.98. The Morgan fingerprint density at radius 3 is 2.39 bits per heavy atom. The lowest BCUT2D eigenvalue weighted by Gasteiger charge is -2.33. The molecule has 1 aliphatic heterocycles. The summed E-state index contributed by atoms with van der Waals surface area (Å²) in [6.45, 7) is 7.69. The monoisotopic (exact) mass is 331 g/mol. The number of benzene rings is 2. The summed E-state index contributed by atoms with van der Waals surface area (Å²) in [6, 6.07) is 14.7. The smallest absolute Gasteiger partial charge is 0.121 e. The van der Waals surface area contributed by atoms with Crippen molar-refractivity contribution in [3.05, 3.63) is 58.6 Å². The van der Waals surface area contributed by atoms with Crippen LogP contribution in [0.4, 0.5) is 5.69 Å². The molecule has 3 nitrogen and oxygen atoms in total. The maximum Gasteiger partial charge on any atom is 0.121 e. The number of halogens is 1. The zero-order valence-corrected chi connectivity index (χ0v) is 14.6. The molecule has 0 amide bonds. The molecule has 3 rings (SSSR count). The molecule has 0 aliphatic carbocycles. The quantitative estimate of drug-likeness (QED) is 0.927. The number of anilines is 1. The Balaban J connectivity index is 1.56. The first-order valence-electron chi connectivity index (χ1n) is 8.13. The minimum absolute atomic E-state index is 0.799. The molecule has 2 aromatic carbocycles. The second-order valence-corrected chi connectivity index (χ2v) is 6.63. The van der Waals surface area contributed by atoms with E-state index in [0.29, 0.717) is 0 Å². The van der Waals surface area contributed by atoms with Crippen LogP contribution < -0.4 is 14.5 Å². The first-order valence-corrected chi connectivity index (χ1v) is 8.51. The van der Waals surface area contributed by atoms with Gasteiger partial charge < -0.3 is 14.5 Å². The highest BCUT2D eigenvalue weighted by atomic mass is 35.5. The summed E-state index contributed by atoms with van der Waals surface area (Å²) >= 11 is 5.97. The van der Waals surface area contributed by atoms with Crippen LogP contribution >= 0.6 is 11.6 Å². The van der Waals surface area contributed by atoms with Gasteiger partial charge in [-0.1, -0.05) is 11.6 Å². The Hall–Kier alpha value is -1.71. The van der Waals surface area contributed by atoms with Crippen molar-refractivity contribution in [2.45, 2.75) is 13.5 Å². The molecular weight excluding hydrogens is 308 g/mol. The molecule has 1 saturated heterocycles. The van der Waals surface area contributed by atoms with Crippen molar-refractivity contribution in [3.8, 4) is 5.75 Å². The zero-order chi connectivity index (χ0) is 16.2. The molecule has 0 aromatic heterocycles. The van der Waals surface area contributed by atoms with Crippen LogP contribution in [-0.2, 0) is 6.54 Å². The minimum Gasteiger partial charge on any atom is -0.496 e. The summed E-state index contributed by atoms with van der Waals surface area (Å²) in [7, 11) is 1.73. The number of piperazine rings is 1. The molecule has 0 unspecified atom stereocenters. The van der Waals surface area contributed by atoms with E-state index in [2.05, 4.69) is 42.2 Å². The van der Waals surface area contributed by atoms with Crippen LogP contribution in [0.5, 0.6) is 5.75 Å². The van der Waals surface area contributed by atoms with Crippen LogP contribution in [0.1, 0.15) is 11.1 Å². The fourth-order valence-electron chi connectivity index (χ4n) is 3.25. The molecule has 0 saturated carbocycles. The summed E-state index contributed by atoms with van der Waals surface area (Å²) in [5, 5.41) is 0.799. The second kappa shape index (κ2) is 7.24. The molecule has 0 radical (unpaired) electrons. The molecule has 2 aromatic rings. The number of ether oxygens (including phenoxy) is 1. The van der Waals surface area contributed by atoms with Crippen LogP contribution in [0.15, 0.2) is 42.5 Å². The fourth-order valence-corrected chi connectivity index (χ4v) is 3.37. The highest BCUT2D eigenvalue weighted by Crippen LogP contribution is 2.19. The molecule has 4 heteroatoms. The summed E-state index contributed by atoms with van der Waals surface area (Å²) < 4.78 is 5.34. The van der Waals surface area contributed by atoms with Gasteiger partial charge >= 0.3 is 0 Å². The predicted octanol–water partition coefficient (Wildman–Crippen LogP) is 2.56. The summed E-state index contributed by atoms with van der Waals surface area (Å²) in [4.78, 5) is 4.08. The normalized spacial score (nSPS) is 15.7. The number of hydrogen-bond acceptors (Lipinski definition) is 2. The van der Waals surface area contributed by atoms with E-state index in [1.54, 1.807) is 12.0 Å². The van der Waals surface area contributed by atoms with Crippen molar-refractivity contribution < 1.29 is 9.64 Å². The lowest BCUT2D eigenvalue weighted by molar-refractivity contribution is -0.914. The average molecular weight is 332 g/mol. The van der Waals surface area contributed by atoms with Gasteiger partial charge in [-0.25, -0.2) is 0 Å². The van der Waals surface area contributed by atoms with Crippen LogP contribution in [0, 0.1) is 6.92 Å². The number of rotatable bonds is 4. The Morgan fingerprint density at radius 2 is 1.78 bits per heavy atom. The third-order valence-corrected chi connectivity index (χ3v) is 4.83. The van der Waals surface area contributed by atoms with E-state index in [-0.39, 0.29) is 0 Å². The zero-order valence-electron chi connectivity index (χ0n) is 13.8. The summed E-state index contributed by atoms with van der Waals surface area (Å²) in [5.74, 6) is 0.969. The molecule has 122 valence electrons. The maximum atomic E-state index is 5.97. The van der Waals surface area contributed by atoms with Crippen LogP contribution in [-0.4, -0.2) is 33.3 Å². The van der Waals surface area contributed by atoms with E-state index in [1.165, 1.54) is 16.8 Å². The summed E-state index contributed by atoms with van der Waals surface area (Å²) in [5.41, 5.74) is 3.87. The van der Waals surface area contributed by atoms with Crippen LogP contribution in [0.3, 0.4) is 0 Å². The van der Waals surface area contributed by atoms with Gasteiger partial charge in [-0.2, -0.15) is 0 Å². The number of nitrogens with zero attached hydrogens (tertiary/aromatic N) is 1. The maximum absolute atomic E-state index is 5.97. The lowest BCUT2D eigenvalue weighted by atomic mass is 10.1. The van der Waals surface area contributed by atoms with Gasteiger partial charge in [0.15, 0.2) is 0 Å². The van der Waals surface area contributed by atoms with E-state index in [1.807, 2.05) is 12.1 Å². The lowest BCUT2D eigenvalue weighted by Crippen LogP contribution is -3.13. The number of methoxy groups -OCH3 is 1. The summed E-state index contributed by atoms with van der Waals surface area (Å²) in [6.07, 6.45) is 0. The first kappa shape index (κ1) is 16.2. The molecule has 0 bridgehead atoms. The van der Waals surface area contributed by atoms with Gasteiger partial charge in [-0.15, -0.1) is 0 Å². The van der Waals surface area contributed by atoms with Crippen molar-refractivity contribution in [2.24, 2.45) is 0 Å². The molecule has 0 atom stereocenters. The standard InChI is InChI=1S/C19H23ClN2O/c1-15-13-16(3-8-19(15)23-2)14-21-9-11-22(12-10-21)18-6-4-17(20)5-7-18/h3-8,13H,9-12,14H2,1-2H3/p+1. The van der Waals surface area contributed by atoms with Gasteiger partial charge in [0.25, 0.3) is 0 Å². The Morgan fingerprint density at radius 1 is 1.09 bits per heavy atom. The average Bonchev–Trinajstić information content (AvgIpc) is 2.57. The molecule has 23 heavy (non-hydrogen) atoms. The number of nitrogens with one attached hydrogen (secondary N) is 1. The van der Waals surface area contributed by atoms with Crippen molar-refractivity contribution in [2.75, 3.05) is 38.2 Å². The van der Waals surface area contributed by atoms with Crippen molar-refractivity contribution in [1.29, 1.82) is 0 Å². The number of quaternary nitrogens is 1. The Labute approximate surface area is 143 Å². The number of aryl methyl sites for hydroxylation is 1. The second-order valence-electron chi connectivity index (χ2n) is 6.19. The Bertz CT molecular complexity index is 649. The van der Waals surface area contributed by atoms with Gasteiger partial charge in [0, 0.05) is 16.3 Å². The number of hydrogen-bond donors (Lipinski definition) is 1. The van der Waals surface area contributed by atoms with Gasteiger partial charge in [0.1, 0.15) is 12.3 Å². The fraction of sp³-hybridized carbons (Fsp3) is 0.368. The highest BCUT2D eigenvalue weighted by molar-refractivity contribution is 6.30. The third-order valence-electron chi connectivity index (χ3n) is 4.58. The van der Waals surface area contributed by atoms with Crippen LogP contribution in [0.25, 0.3) is 0 Å². The van der Waals surface area contributed by atoms with E-state index in [9.17, 15) is 0 Å². The molecule has 1 N–H and O–H groups in total. The minimum atomic E-state index is 0.799. The van der Waals surface area contributed by atoms with E-state index < -0.39 is 0 Å². The van der Waals surface area contributed by atoms with Gasteiger partial charge in [-0.05, 0) is 55.0 Å². The highest BCUT2D eigenvalue weighted by Gasteiger charge is 2.20. The molecule has 1 heterocycles. The van der Waals surface area contributed by atoms with Gasteiger partial charge in [-0.3, -0.25) is 0 Å². The van der Waals surface area contributed by atoms with Crippen molar-refractivity contribution in [1.82, 2.24) is 0 Å². The SMILES string of the molecule is COc1ccc(C[NH+]2CCN(c3ccc(Cl)cc3)CC2)cc1C. The topological polar surface area (TPSA) is 16.9 Å². The van der Waals surface area contributed by atoms with E-state index in [0.717, 1.165) is 43.5 Å². The largest absolute Gasteiger partial charge is 0.496 e. The predicted molar refractivity (Wildman–Crippen MR) is 95.8 cm³/mol. The van der Waals surface area contributed by atoms with E-state index in [4.69, 9.17) is 16.3 Å². The van der Waals surface area contributed by atoms with Crippen LogP contribution in [0.2, 0.25) is 5.02 Å². The van der Waals surface area contributed by atoms with Gasteiger partial charge in [0.2, 0.25) is 0 Å². The molecular formula is C19H24ClN2O+. The van der Waals surface area contributed by atoms with Gasteiger partial charge in [0.05, 0.1) is 33.3 Å². The van der Waals surface area contributed by atoms with Crippen molar-refractivity contribution in [3.63, 3.8) is 0 Å². The first-order chi connectivity index (χ1) is 11.2. The molecule has 0 spiro atoms. The van der Waals surface area contributed by atoms with E-state index >= 15 is 0 Å². The Kier molecular flexibility index (Phi) is 5.09.